The molecule has 0 bridgehead atoms. The van der Waals surface area contributed by atoms with Crippen LogP contribution in [-0.2, 0) is 12.8 Å². The Hall–Kier alpha value is -0.800. The molecule has 1 atom stereocenters. The molecule has 1 aromatic rings. The third kappa shape index (κ3) is 1.99. The predicted octanol–water partition coefficient (Wildman–Crippen LogP) is 1.77. The van der Waals surface area contributed by atoms with Crippen LogP contribution >= 0.6 is 12.4 Å². The van der Waals surface area contributed by atoms with E-state index < -0.39 is 0 Å². The highest BCUT2D eigenvalue weighted by molar-refractivity contribution is 5.85. The lowest BCUT2D eigenvalue weighted by Gasteiger charge is -2.21. The summed E-state index contributed by atoms with van der Waals surface area (Å²) in [5.41, 5.74) is 7.33. The Morgan fingerprint density at radius 1 is 1.43 bits per heavy atom. The van der Waals surface area contributed by atoms with Crippen LogP contribution in [0, 0.1) is 5.82 Å². The molecule has 4 heteroatoms. The minimum absolute atomic E-state index is 0. The maximum absolute atomic E-state index is 13.3. The third-order valence-corrected chi connectivity index (χ3v) is 2.52. The van der Waals surface area contributed by atoms with E-state index in [2.05, 4.69) is 0 Å². The van der Waals surface area contributed by atoms with Gasteiger partial charge >= 0.3 is 0 Å². The van der Waals surface area contributed by atoms with Gasteiger partial charge in [0.05, 0.1) is 0 Å². The molecule has 0 saturated carbocycles. The molecule has 14 heavy (non-hydrogen) atoms. The molecule has 1 aliphatic carbocycles. The second-order valence-electron chi connectivity index (χ2n) is 3.57. The largest absolute Gasteiger partial charge is 0.508 e. The third-order valence-electron chi connectivity index (χ3n) is 2.52. The van der Waals surface area contributed by atoms with Gasteiger partial charge in [-0.15, -0.1) is 12.4 Å². The topological polar surface area (TPSA) is 46.2 Å². The van der Waals surface area contributed by atoms with E-state index in [1.807, 2.05) is 0 Å². The van der Waals surface area contributed by atoms with Crippen molar-refractivity contribution in [3.8, 4) is 5.75 Å². The molecule has 2 rings (SSSR count). The molecule has 0 aromatic heterocycles. The number of halogens is 2. The molecule has 0 saturated heterocycles. The average molecular weight is 218 g/mol. The monoisotopic (exact) mass is 217 g/mol. The highest BCUT2D eigenvalue weighted by Crippen LogP contribution is 2.27. The van der Waals surface area contributed by atoms with Crippen molar-refractivity contribution in [1.82, 2.24) is 0 Å². The summed E-state index contributed by atoms with van der Waals surface area (Å²) in [7, 11) is 0. The zero-order valence-electron chi connectivity index (χ0n) is 7.66. The van der Waals surface area contributed by atoms with Gasteiger partial charge in [0.1, 0.15) is 11.6 Å². The molecular weight excluding hydrogens is 205 g/mol. The number of hydrogen-bond donors (Lipinski definition) is 2. The fraction of sp³-hybridized carbons (Fsp3) is 0.400. The Morgan fingerprint density at radius 3 is 2.86 bits per heavy atom. The molecule has 0 radical (unpaired) electrons. The van der Waals surface area contributed by atoms with Crippen molar-refractivity contribution >= 4 is 12.4 Å². The summed E-state index contributed by atoms with van der Waals surface area (Å²) in [4.78, 5) is 0. The molecule has 78 valence electrons. The Kier molecular flexibility index (Phi) is 3.34. The number of fused-ring (bicyclic) bond motifs is 1. The first kappa shape index (κ1) is 11.3. The average Bonchev–Trinajstić information content (AvgIpc) is 2.02. The zero-order chi connectivity index (χ0) is 9.42. The number of nitrogens with two attached hydrogens (primary N) is 1. The van der Waals surface area contributed by atoms with Gasteiger partial charge in [0.2, 0.25) is 0 Å². The van der Waals surface area contributed by atoms with Crippen molar-refractivity contribution in [3.63, 3.8) is 0 Å². The van der Waals surface area contributed by atoms with Crippen molar-refractivity contribution in [1.29, 1.82) is 0 Å². The van der Waals surface area contributed by atoms with Crippen LogP contribution in [0.3, 0.4) is 0 Å². The summed E-state index contributed by atoms with van der Waals surface area (Å²) in [5.74, 6) is -0.313. The molecule has 0 heterocycles. The van der Waals surface area contributed by atoms with Crippen LogP contribution in [0.2, 0.25) is 0 Å². The highest BCUT2D eigenvalue weighted by Gasteiger charge is 2.19. The van der Waals surface area contributed by atoms with Crippen molar-refractivity contribution in [3.05, 3.63) is 29.1 Å². The Balaban J connectivity index is 0.000000980. The quantitative estimate of drug-likeness (QED) is 0.696. The van der Waals surface area contributed by atoms with E-state index >= 15 is 0 Å². The number of benzene rings is 1. The van der Waals surface area contributed by atoms with Gasteiger partial charge in [-0.05, 0) is 36.5 Å². The smallest absolute Gasteiger partial charge is 0.130 e. The van der Waals surface area contributed by atoms with Crippen LogP contribution in [0.1, 0.15) is 17.5 Å². The van der Waals surface area contributed by atoms with Crippen LogP contribution in [0.15, 0.2) is 12.1 Å². The summed E-state index contributed by atoms with van der Waals surface area (Å²) in [5, 5.41) is 9.17. The van der Waals surface area contributed by atoms with Crippen molar-refractivity contribution < 1.29 is 9.50 Å². The molecule has 1 aromatic carbocycles. The van der Waals surface area contributed by atoms with Crippen LogP contribution < -0.4 is 5.73 Å². The Bertz CT molecular complexity index is 343. The van der Waals surface area contributed by atoms with Gasteiger partial charge < -0.3 is 10.8 Å². The number of phenols is 1. The number of aromatic hydroxyl groups is 1. The van der Waals surface area contributed by atoms with E-state index in [1.54, 1.807) is 6.07 Å². The van der Waals surface area contributed by atoms with Crippen LogP contribution in [0.4, 0.5) is 4.39 Å². The number of rotatable bonds is 0. The predicted molar refractivity (Wildman–Crippen MR) is 55.3 cm³/mol. The molecule has 0 aliphatic heterocycles. The standard InChI is InChI=1S/C10H12FNO.ClH/c11-10-5-8(13)4-6-3-7(12)1-2-9(6)10;/h4-5,7,13H,1-3,12H2;1H/t7-;/m0./s1. The summed E-state index contributed by atoms with van der Waals surface area (Å²) in [6.07, 6.45) is 2.18. The molecule has 3 N–H and O–H groups in total. The second-order valence-corrected chi connectivity index (χ2v) is 3.57. The van der Waals surface area contributed by atoms with Gasteiger partial charge in [-0.2, -0.15) is 0 Å². The highest BCUT2D eigenvalue weighted by atomic mass is 35.5. The van der Waals surface area contributed by atoms with Gasteiger partial charge in [0.25, 0.3) is 0 Å². The fourth-order valence-electron chi connectivity index (χ4n) is 1.85. The summed E-state index contributed by atoms with van der Waals surface area (Å²) < 4.78 is 13.3. The van der Waals surface area contributed by atoms with Gasteiger partial charge in [-0.25, -0.2) is 4.39 Å². The lowest BCUT2D eigenvalue weighted by atomic mass is 9.88. The van der Waals surface area contributed by atoms with Gasteiger partial charge in [0.15, 0.2) is 0 Å². The molecule has 1 aliphatic rings. The molecule has 0 amide bonds. The van der Waals surface area contributed by atoms with Gasteiger partial charge in [0, 0.05) is 12.1 Å². The number of hydrogen-bond acceptors (Lipinski definition) is 2. The van der Waals surface area contributed by atoms with E-state index in [9.17, 15) is 9.50 Å². The van der Waals surface area contributed by atoms with Gasteiger partial charge in [-0.3, -0.25) is 0 Å². The second kappa shape index (κ2) is 4.15. The first-order valence-electron chi connectivity index (χ1n) is 4.42. The van der Waals surface area contributed by atoms with Crippen LogP contribution in [0.5, 0.6) is 5.75 Å². The Morgan fingerprint density at radius 2 is 2.14 bits per heavy atom. The molecular formula is C10H13ClFNO. The SMILES string of the molecule is Cl.N[C@H]1CCc2c(F)cc(O)cc2C1. The maximum atomic E-state index is 13.3. The Labute approximate surface area is 88.3 Å². The van der Waals surface area contributed by atoms with E-state index in [0.717, 1.165) is 23.6 Å². The maximum Gasteiger partial charge on any atom is 0.130 e. The molecule has 0 unspecified atom stereocenters. The van der Waals surface area contributed by atoms with Crippen LogP contribution in [0.25, 0.3) is 0 Å². The summed E-state index contributed by atoms with van der Waals surface area (Å²) in [6, 6.07) is 2.88. The molecule has 0 spiro atoms. The minimum atomic E-state index is -0.304. The molecule has 2 nitrogen and oxygen atoms in total. The molecule has 0 fully saturated rings. The lowest BCUT2D eigenvalue weighted by Crippen LogP contribution is -2.28. The zero-order valence-corrected chi connectivity index (χ0v) is 8.48. The van der Waals surface area contributed by atoms with E-state index in [1.165, 1.54) is 0 Å². The summed E-state index contributed by atoms with van der Waals surface area (Å²) in [6.45, 7) is 0. The van der Waals surface area contributed by atoms with E-state index in [0.29, 0.717) is 12.8 Å². The minimum Gasteiger partial charge on any atom is -0.508 e. The fourth-order valence-corrected chi connectivity index (χ4v) is 1.85. The van der Waals surface area contributed by atoms with Crippen molar-refractivity contribution in [2.75, 3.05) is 0 Å². The number of phenolic OH excluding ortho intramolecular Hbond substituents is 1. The van der Waals surface area contributed by atoms with E-state index in [4.69, 9.17) is 5.73 Å². The first-order valence-corrected chi connectivity index (χ1v) is 4.42. The van der Waals surface area contributed by atoms with Crippen molar-refractivity contribution in [2.24, 2.45) is 5.73 Å². The van der Waals surface area contributed by atoms with E-state index in [-0.39, 0.29) is 30.0 Å². The normalized spacial score (nSPS) is 19.7. The van der Waals surface area contributed by atoms with Crippen LogP contribution in [-0.4, -0.2) is 11.1 Å². The first-order chi connectivity index (χ1) is 6.16. The lowest BCUT2D eigenvalue weighted by molar-refractivity contribution is 0.461. The van der Waals surface area contributed by atoms with Gasteiger partial charge in [-0.1, -0.05) is 0 Å². The summed E-state index contributed by atoms with van der Waals surface area (Å²) >= 11 is 0. The van der Waals surface area contributed by atoms with Crippen molar-refractivity contribution in [2.45, 2.75) is 25.3 Å².